The fraction of sp³-hybridized carbons (Fsp3) is 0. The topological polar surface area (TPSA) is 51.8 Å². The fourth-order valence-electron chi connectivity index (χ4n) is 7.08. The maximum absolute atomic E-state index is 6.27. The van der Waals surface area contributed by atoms with Gasteiger partial charge in [0, 0.05) is 27.5 Å². The van der Waals surface area contributed by atoms with Crippen molar-refractivity contribution in [3.8, 4) is 45.3 Å². The summed E-state index contributed by atoms with van der Waals surface area (Å²) in [5, 5.41) is 9.19. The number of fused-ring (bicyclic) bond motifs is 6. The van der Waals surface area contributed by atoms with Crippen LogP contribution in [0.25, 0.3) is 99.5 Å². The van der Waals surface area contributed by atoms with Gasteiger partial charge in [-0.2, -0.15) is 0 Å². The molecule has 0 unspecified atom stereocenters. The number of hydrogen-bond donors (Lipinski definition) is 0. The summed E-state index contributed by atoms with van der Waals surface area (Å²) in [5.74, 6) is 1.83. The normalized spacial score (nSPS) is 11.7. The fourth-order valence-corrected chi connectivity index (χ4v) is 7.08. The number of aromatic nitrogens is 3. The second-order valence-electron chi connectivity index (χ2n) is 12.4. The Morgan fingerprint density at radius 1 is 0.306 bits per heavy atom. The molecule has 0 bridgehead atoms. The lowest BCUT2D eigenvalue weighted by atomic mass is 9.92. The van der Waals surface area contributed by atoms with E-state index in [-0.39, 0.29) is 0 Å². The third-order valence-electron chi connectivity index (χ3n) is 9.48. The van der Waals surface area contributed by atoms with Crippen LogP contribution >= 0.6 is 0 Å². The summed E-state index contributed by atoms with van der Waals surface area (Å²) in [6.45, 7) is 0. The molecule has 4 nitrogen and oxygen atoms in total. The predicted molar refractivity (Wildman–Crippen MR) is 201 cm³/mol. The van der Waals surface area contributed by atoms with Crippen molar-refractivity contribution in [2.75, 3.05) is 0 Å². The summed E-state index contributed by atoms with van der Waals surface area (Å²) in [7, 11) is 0. The van der Waals surface area contributed by atoms with Crippen LogP contribution in [0.1, 0.15) is 0 Å². The number of furan rings is 1. The lowest BCUT2D eigenvalue weighted by Crippen LogP contribution is -2.00. The molecule has 4 heteroatoms. The van der Waals surface area contributed by atoms with E-state index < -0.39 is 0 Å². The first-order valence-electron chi connectivity index (χ1n) is 16.4. The number of hydrogen-bond acceptors (Lipinski definition) is 4. The maximum Gasteiger partial charge on any atom is 0.164 e. The molecule has 10 aromatic rings. The van der Waals surface area contributed by atoms with Crippen LogP contribution in [0.3, 0.4) is 0 Å². The van der Waals surface area contributed by atoms with E-state index >= 15 is 0 Å². The van der Waals surface area contributed by atoms with Gasteiger partial charge in [0.05, 0.1) is 0 Å². The number of para-hydroxylation sites is 1. The standard InChI is InChI=1S/C45H27N3O/c1-2-12-30-24-32(21-20-28(30)10-1)43-46-44(33-22-23-39-38-17-7-8-19-41(38)49-42(39)27-33)48-45(47-43)34-25-31-13-4-6-16-36(31)40(26-34)37-18-9-14-29-11-3-5-15-35(29)37/h1-27H. The minimum Gasteiger partial charge on any atom is -0.456 e. The summed E-state index contributed by atoms with van der Waals surface area (Å²) in [6.07, 6.45) is 0. The molecule has 0 aliphatic heterocycles. The molecule has 0 spiro atoms. The third-order valence-corrected chi connectivity index (χ3v) is 9.48. The Kier molecular flexibility index (Phi) is 6.15. The molecule has 0 aliphatic carbocycles. The van der Waals surface area contributed by atoms with Gasteiger partial charge in [-0.3, -0.25) is 0 Å². The molecular weight excluding hydrogens is 599 g/mol. The average molecular weight is 626 g/mol. The van der Waals surface area contributed by atoms with E-state index in [9.17, 15) is 0 Å². The van der Waals surface area contributed by atoms with Crippen molar-refractivity contribution in [1.29, 1.82) is 0 Å². The van der Waals surface area contributed by atoms with Crippen molar-refractivity contribution < 1.29 is 4.42 Å². The molecule has 10 rings (SSSR count). The Hall–Kier alpha value is -6.65. The van der Waals surface area contributed by atoms with Crippen LogP contribution in [0.2, 0.25) is 0 Å². The molecule has 0 saturated heterocycles. The van der Waals surface area contributed by atoms with E-state index in [0.29, 0.717) is 17.5 Å². The van der Waals surface area contributed by atoms with Gasteiger partial charge in [-0.1, -0.05) is 127 Å². The molecule has 8 aromatic carbocycles. The maximum atomic E-state index is 6.27. The highest BCUT2D eigenvalue weighted by Gasteiger charge is 2.17. The van der Waals surface area contributed by atoms with E-state index in [2.05, 4.69) is 140 Å². The Labute approximate surface area is 282 Å². The summed E-state index contributed by atoms with van der Waals surface area (Å²) in [6, 6.07) is 57.1. The van der Waals surface area contributed by atoms with Gasteiger partial charge in [-0.05, 0) is 79.8 Å². The van der Waals surface area contributed by atoms with Gasteiger partial charge in [0.25, 0.3) is 0 Å². The minimum atomic E-state index is 0.593. The predicted octanol–water partition coefficient (Wildman–Crippen LogP) is 11.9. The molecule has 0 aliphatic rings. The largest absolute Gasteiger partial charge is 0.456 e. The SMILES string of the molecule is c1ccc2cc(-c3nc(-c4cc(-c5cccc6ccccc56)c5ccccc5c4)nc(-c4ccc5c(c4)oc4ccccc45)n3)ccc2c1. The van der Waals surface area contributed by atoms with E-state index in [1.807, 2.05) is 24.3 Å². The molecule has 49 heavy (non-hydrogen) atoms. The number of benzene rings is 8. The zero-order valence-electron chi connectivity index (χ0n) is 26.3. The van der Waals surface area contributed by atoms with Crippen LogP contribution in [0, 0.1) is 0 Å². The summed E-state index contributed by atoms with van der Waals surface area (Å²) in [5.41, 5.74) is 6.71. The molecule has 0 radical (unpaired) electrons. The van der Waals surface area contributed by atoms with Crippen molar-refractivity contribution in [1.82, 2.24) is 15.0 Å². The molecule has 0 saturated carbocycles. The molecule has 0 fully saturated rings. The zero-order valence-corrected chi connectivity index (χ0v) is 26.3. The lowest BCUT2D eigenvalue weighted by molar-refractivity contribution is 0.669. The minimum absolute atomic E-state index is 0.593. The van der Waals surface area contributed by atoms with Gasteiger partial charge in [-0.25, -0.2) is 15.0 Å². The van der Waals surface area contributed by atoms with Gasteiger partial charge in [0.1, 0.15) is 11.2 Å². The van der Waals surface area contributed by atoms with Crippen LogP contribution in [0.4, 0.5) is 0 Å². The smallest absolute Gasteiger partial charge is 0.164 e. The first-order chi connectivity index (χ1) is 24.2. The molecule has 0 atom stereocenters. The van der Waals surface area contributed by atoms with E-state index in [4.69, 9.17) is 19.4 Å². The Balaban J connectivity index is 1.22. The van der Waals surface area contributed by atoms with Crippen LogP contribution in [0.15, 0.2) is 168 Å². The van der Waals surface area contributed by atoms with Crippen LogP contribution in [-0.4, -0.2) is 15.0 Å². The van der Waals surface area contributed by atoms with Crippen LogP contribution in [0.5, 0.6) is 0 Å². The van der Waals surface area contributed by atoms with Gasteiger partial charge in [0.2, 0.25) is 0 Å². The van der Waals surface area contributed by atoms with Gasteiger partial charge in [-0.15, -0.1) is 0 Å². The van der Waals surface area contributed by atoms with Gasteiger partial charge in [0.15, 0.2) is 17.5 Å². The average Bonchev–Trinajstić information content (AvgIpc) is 3.55. The molecule has 0 N–H and O–H groups in total. The van der Waals surface area contributed by atoms with Gasteiger partial charge >= 0.3 is 0 Å². The first kappa shape index (κ1) is 27.5. The molecule has 2 aromatic heterocycles. The monoisotopic (exact) mass is 625 g/mol. The van der Waals surface area contributed by atoms with E-state index in [1.165, 1.54) is 27.1 Å². The van der Waals surface area contributed by atoms with Crippen molar-refractivity contribution in [2.45, 2.75) is 0 Å². The second kappa shape index (κ2) is 11.0. The molecule has 228 valence electrons. The Bertz CT molecular complexity index is 2900. The third kappa shape index (κ3) is 4.65. The van der Waals surface area contributed by atoms with Crippen molar-refractivity contribution in [3.63, 3.8) is 0 Å². The Morgan fingerprint density at radius 3 is 1.67 bits per heavy atom. The van der Waals surface area contributed by atoms with Crippen LogP contribution < -0.4 is 0 Å². The highest BCUT2D eigenvalue weighted by atomic mass is 16.3. The lowest BCUT2D eigenvalue weighted by Gasteiger charge is -2.14. The molecule has 2 heterocycles. The van der Waals surface area contributed by atoms with Crippen molar-refractivity contribution >= 4 is 54.3 Å². The van der Waals surface area contributed by atoms with Gasteiger partial charge < -0.3 is 4.42 Å². The molecular formula is C45H27N3O. The highest BCUT2D eigenvalue weighted by Crippen LogP contribution is 2.38. The van der Waals surface area contributed by atoms with Crippen molar-refractivity contribution in [2.24, 2.45) is 0 Å². The summed E-state index contributed by atoms with van der Waals surface area (Å²) >= 11 is 0. The summed E-state index contributed by atoms with van der Waals surface area (Å²) < 4.78 is 6.27. The summed E-state index contributed by atoms with van der Waals surface area (Å²) in [4.78, 5) is 15.4. The van der Waals surface area contributed by atoms with E-state index in [1.54, 1.807) is 0 Å². The van der Waals surface area contributed by atoms with Crippen LogP contribution in [-0.2, 0) is 0 Å². The van der Waals surface area contributed by atoms with E-state index in [0.717, 1.165) is 55.0 Å². The Morgan fingerprint density at radius 2 is 0.857 bits per heavy atom. The first-order valence-corrected chi connectivity index (χ1v) is 16.4. The number of rotatable bonds is 4. The number of nitrogens with zero attached hydrogens (tertiary/aromatic N) is 3. The van der Waals surface area contributed by atoms with Crippen molar-refractivity contribution in [3.05, 3.63) is 164 Å². The quantitative estimate of drug-likeness (QED) is 0.195. The second-order valence-corrected chi connectivity index (χ2v) is 12.4. The molecule has 0 amide bonds. The highest BCUT2D eigenvalue weighted by molar-refractivity contribution is 6.07. The zero-order chi connectivity index (χ0) is 32.3.